The summed E-state index contributed by atoms with van der Waals surface area (Å²) in [6.45, 7) is 4.87. The van der Waals surface area contributed by atoms with Gasteiger partial charge >= 0.3 is 0 Å². The zero-order valence-corrected chi connectivity index (χ0v) is 10.6. The lowest BCUT2D eigenvalue weighted by Gasteiger charge is -2.13. The van der Waals surface area contributed by atoms with Crippen LogP contribution in [0.1, 0.15) is 31.2 Å². The van der Waals surface area contributed by atoms with E-state index < -0.39 is 0 Å². The number of carbonyl (C=O) groups excluding carboxylic acids is 1. The third kappa shape index (κ3) is 4.53. The molecule has 1 aromatic heterocycles. The largest absolute Gasteiger partial charge is 0.350 e. The number of hydrogen-bond donors (Lipinski definition) is 2. The summed E-state index contributed by atoms with van der Waals surface area (Å²) in [4.78, 5) is 16.1. The molecule has 4 heteroatoms. The molecule has 17 heavy (non-hydrogen) atoms. The fourth-order valence-electron chi connectivity index (χ4n) is 1.72. The highest BCUT2D eigenvalue weighted by Crippen LogP contribution is 2.05. The van der Waals surface area contributed by atoms with Gasteiger partial charge in [-0.05, 0) is 25.5 Å². The SMILES string of the molecule is CCCC(CN)C(=O)NCc1cccc(C)n1. The van der Waals surface area contributed by atoms with Crippen LogP contribution >= 0.6 is 0 Å². The van der Waals surface area contributed by atoms with Gasteiger partial charge < -0.3 is 11.1 Å². The van der Waals surface area contributed by atoms with Crippen molar-refractivity contribution in [3.8, 4) is 0 Å². The van der Waals surface area contributed by atoms with E-state index in [4.69, 9.17) is 5.73 Å². The number of aromatic nitrogens is 1. The zero-order valence-electron chi connectivity index (χ0n) is 10.6. The van der Waals surface area contributed by atoms with Crippen LogP contribution in [0.3, 0.4) is 0 Å². The molecule has 1 unspecified atom stereocenters. The second kappa shape index (κ2) is 7.01. The zero-order chi connectivity index (χ0) is 12.7. The van der Waals surface area contributed by atoms with Crippen LogP contribution in [0.2, 0.25) is 0 Å². The van der Waals surface area contributed by atoms with E-state index in [2.05, 4.69) is 17.2 Å². The van der Waals surface area contributed by atoms with Gasteiger partial charge in [0.1, 0.15) is 0 Å². The summed E-state index contributed by atoms with van der Waals surface area (Å²) in [5.74, 6) is -0.0533. The van der Waals surface area contributed by atoms with Gasteiger partial charge in [-0.1, -0.05) is 19.4 Å². The molecular weight excluding hydrogens is 214 g/mol. The van der Waals surface area contributed by atoms with E-state index >= 15 is 0 Å². The van der Waals surface area contributed by atoms with E-state index in [1.807, 2.05) is 25.1 Å². The summed E-state index contributed by atoms with van der Waals surface area (Å²) in [6, 6.07) is 5.78. The highest BCUT2D eigenvalue weighted by molar-refractivity contribution is 5.78. The minimum absolute atomic E-state index is 0.0256. The molecule has 1 aromatic rings. The van der Waals surface area contributed by atoms with Crippen molar-refractivity contribution in [1.29, 1.82) is 0 Å². The molecule has 0 fully saturated rings. The van der Waals surface area contributed by atoms with Gasteiger partial charge in [0.15, 0.2) is 0 Å². The lowest BCUT2D eigenvalue weighted by molar-refractivity contribution is -0.125. The second-order valence-electron chi connectivity index (χ2n) is 4.21. The number of nitrogens with zero attached hydrogens (tertiary/aromatic N) is 1. The molecule has 0 bridgehead atoms. The first-order chi connectivity index (χ1) is 8.17. The molecule has 0 radical (unpaired) electrons. The Balaban J connectivity index is 2.47. The minimum Gasteiger partial charge on any atom is -0.350 e. The molecule has 0 aliphatic carbocycles. The van der Waals surface area contributed by atoms with Crippen LogP contribution in [0.15, 0.2) is 18.2 Å². The van der Waals surface area contributed by atoms with Crippen molar-refractivity contribution in [2.24, 2.45) is 11.7 Å². The third-order valence-corrected chi connectivity index (χ3v) is 2.68. The molecule has 0 saturated carbocycles. The average Bonchev–Trinajstić information content (AvgIpc) is 2.33. The highest BCUT2D eigenvalue weighted by atomic mass is 16.1. The van der Waals surface area contributed by atoms with Crippen molar-refractivity contribution >= 4 is 5.91 Å². The first kappa shape index (κ1) is 13.6. The van der Waals surface area contributed by atoms with Gasteiger partial charge in [-0.25, -0.2) is 0 Å². The van der Waals surface area contributed by atoms with Crippen molar-refractivity contribution in [2.75, 3.05) is 6.54 Å². The van der Waals surface area contributed by atoms with Crippen LogP contribution in [-0.2, 0) is 11.3 Å². The van der Waals surface area contributed by atoms with Crippen LogP contribution in [0, 0.1) is 12.8 Å². The summed E-state index contributed by atoms with van der Waals surface area (Å²) in [6.07, 6.45) is 1.81. The molecule has 94 valence electrons. The Morgan fingerprint density at radius 1 is 1.53 bits per heavy atom. The standard InChI is InChI=1S/C13H21N3O/c1-3-5-11(8-14)13(17)15-9-12-7-4-6-10(2)16-12/h4,6-7,11H,3,5,8-9,14H2,1-2H3,(H,15,17). The molecule has 0 aromatic carbocycles. The maximum atomic E-state index is 11.8. The molecule has 0 aliphatic rings. The van der Waals surface area contributed by atoms with E-state index in [0.29, 0.717) is 13.1 Å². The van der Waals surface area contributed by atoms with E-state index in [9.17, 15) is 4.79 Å². The fraction of sp³-hybridized carbons (Fsp3) is 0.538. The molecule has 0 saturated heterocycles. The first-order valence-corrected chi connectivity index (χ1v) is 6.07. The molecule has 3 N–H and O–H groups in total. The lowest BCUT2D eigenvalue weighted by atomic mass is 10.0. The van der Waals surface area contributed by atoms with Gasteiger partial charge in [-0.2, -0.15) is 0 Å². The number of pyridine rings is 1. The van der Waals surface area contributed by atoms with Crippen molar-refractivity contribution in [2.45, 2.75) is 33.2 Å². The minimum atomic E-state index is -0.0789. The number of nitrogens with one attached hydrogen (secondary N) is 1. The van der Waals surface area contributed by atoms with Gasteiger partial charge in [0.25, 0.3) is 0 Å². The third-order valence-electron chi connectivity index (χ3n) is 2.68. The Morgan fingerprint density at radius 3 is 2.88 bits per heavy atom. The number of aryl methyl sites for hydroxylation is 1. The van der Waals surface area contributed by atoms with E-state index in [0.717, 1.165) is 24.2 Å². The normalized spacial score (nSPS) is 12.2. The monoisotopic (exact) mass is 235 g/mol. The Hall–Kier alpha value is -1.42. The Morgan fingerprint density at radius 2 is 2.29 bits per heavy atom. The predicted octanol–water partition coefficient (Wildman–Crippen LogP) is 1.38. The highest BCUT2D eigenvalue weighted by Gasteiger charge is 2.15. The second-order valence-corrected chi connectivity index (χ2v) is 4.21. The molecule has 1 atom stereocenters. The van der Waals surface area contributed by atoms with Crippen molar-refractivity contribution in [3.63, 3.8) is 0 Å². The average molecular weight is 235 g/mol. The van der Waals surface area contributed by atoms with Crippen LogP contribution in [-0.4, -0.2) is 17.4 Å². The maximum Gasteiger partial charge on any atom is 0.224 e. The summed E-state index contributed by atoms with van der Waals surface area (Å²) >= 11 is 0. The van der Waals surface area contributed by atoms with Crippen LogP contribution in [0.5, 0.6) is 0 Å². The number of rotatable bonds is 6. The summed E-state index contributed by atoms with van der Waals surface area (Å²) in [5.41, 5.74) is 7.42. The van der Waals surface area contributed by atoms with E-state index in [1.165, 1.54) is 0 Å². The molecular formula is C13H21N3O. The smallest absolute Gasteiger partial charge is 0.224 e. The Labute approximate surface area is 103 Å². The van der Waals surface area contributed by atoms with E-state index in [1.54, 1.807) is 0 Å². The van der Waals surface area contributed by atoms with Crippen LogP contribution in [0.4, 0.5) is 0 Å². The number of amides is 1. The molecule has 0 spiro atoms. The number of nitrogens with two attached hydrogens (primary N) is 1. The lowest BCUT2D eigenvalue weighted by Crippen LogP contribution is -2.34. The maximum absolute atomic E-state index is 11.8. The van der Waals surface area contributed by atoms with Crippen molar-refractivity contribution < 1.29 is 4.79 Å². The predicted molar refractivity (Wildman–Crippen MR) is 68.3 cm³/mol. The summed E-state index contributed by atoms with van der Waals surface area (Å²) < 4.78 is 0. The number of carbonyl (C=O) groups is 1. The Kier molecular flexibility index (Phi) is 5.63. The molecule has 1 amide bonds. The topological polar surface area (TPSA) is 68.0 Å². The quantitative estimate of drug-likeness (QED) is 0.782. The van der Waals surface area contributed by atoms with Gasteiger partial charge in [0, 0.05) is 12.2 Å². The first-order valence-electron chi connectivity index (χ1n) is 6.07. The summed E-state index contributed by atoms with van der Waals surface area (Å²) in [5, 5.41) is 2.88. The molecule has 4 nitrogen and oxygen atoms in total. The van der Waals surface area contributed by atoms with Crippen molar-refractivity contribution in [3.05, 3.63) is 29.6 Å². The summed E-state index contributed by atoms with van der Waals surface area (Å²) in [7, 11) is 0. The van der Waals surface area contributed by atoms with Crippen molar-refractivity contribution in [1.82, 2.24) is 10.3 Å². The fourth-order valence-corrected chi connectivity index (χ4v) is 1.72. The van der Waals surface area contributed by atoms with E-state index in [-0.39, 0.29) is 11.8 Å². The van der Waals surface area contributed by atoms with Gasteiger partial charge in [-0.3, -0.25) is 9.78 Å². The molecule has 1 heterocycles. The van der Waals surface area contributed by atoms with Gasteiger partial charge in [0.05, 0.1) is 18.2 Å². The van der Waals surface area contributed by atoms with Gasteiger partial charge in [-0.15, -0.1) is 0 Å². The van der Waals surface area contributed by atoms with Crippen LogP contribution < -0.4 is 11.1 Å². The number of hydrogen-bond acceptors (Lipinski definition) is 3. The van der Waals surface area contributed by atoms with Gasteiger partial charge in [0.2, 0.25) is 5.91 Å². The molecule has 0 aliphatic heterocycles. The van der Waals surface area contributed by atoms with Crippen LogP contribution in [0.25, 0.3) is 0 Å². The Bertz CT molecular complexity index is 365. The molecule has 1 rings (SSSR count).